The molecular weight excluding hydrogens is 270 g/mol. The lowest BCUT2D eigenvalue weighted by Gasteiger charge is -2.32. The van der Waals surface area contributed by atoms with E-state index in [4.69, 9.17) is 9.31 Å². The number of hydrogen-bond donors (Lipinski definition) is 1. The van der Waals surface area contributed by atoms with Crippen LogP contribution in [-0.4, -0.2) is 28.3 Å². The molecule has 0 spiro atoms. The summed E-state index contributed by atoms with van der Waals surface area (Å²) in [6.45, 7) is 7.89. The predicted molar refractivity (Wildman–Crippen MR) is 79.7 cm³/mol. The van der Waals surface area contributed by atoms with Crippen LogP contribution in [0.1, 0.15) is 27.7 Å². The minimum absolute atomic E-state index is 0.350. The lowest BCUT2D eigenvalue weighted by molar-refractivity contribution is 0.00578. The van der Waals surface area contributed by atoms with Crippen molar-refractivity contribution in [1.82, 2.24) is 9.97 Å². The maximum Gasteiger partial charge on any atom is 0.494 e. The van der Waals surface area contributed by atoms with Crippen molar-refractivity contribution in [3.05, 3.63) is 36.4 Å². The van der Waals surface area contributed by atoms with E-state index in [9.17, 15) is 4.39 Å². The summed E-state index contributed by atoms with van der Waals surface area (Å²) in [5.41, 5.74) is 0.225. The Bertz CT molecular complexity index is 640. The van der Waals surface area contributed by atoms with E-state index in [0.717, 1.165) is 0 Å². The number of imidazole rings is 1. The number of nitrogens with one attached hydrogen (secondary N) is 1. The van der Waals surface area contributed by atoms with Crippen molar-refractivity contribution in [3.8, 4) is 11.4 Å². The van der Waals surface area contributed by atoms with Gasteiger partial charge in [0.1, 0.15) is 11.6 Å². The maximum absolute atomic E-state index is 14.3. The van der Waals surface area contributed by atoms with Gasteiger partial charge in [0.2, 0.25) is 0 Å². The second-order valence-corrected chi connectivity index (χ2v) is 6.27. The summed E-state index contributed by atoms with van der Waals surface area (Å²) < 4.78 is 26.1. The molecule has 0 unspecified atom stereocenters. The van der Waals surface area contributed by atoms with Crippen molar-refractivity contribution in [2.45, 2.75) is 38.9 Å². The Balaban J connectivity index is 1.90. The first-order valence-electron chi connectivity index (χ1n) is 6.95. The number of nitrogens with zero attached hydrogens (tertiary/aromatic N) is 1. The molecule has 1 aliphatic rings. The van der Waals surface area contributed by atoms with Crippen molar-refractivity contribution in [2.75, 3.05) is 0 Å². The van der Waals surface area contributed by atoms with Crippen LogP contribution in [0.15, 0.2) is 30.6 Å². The third kappa shape index (κ3) is 2.38. The molecule has 0 bridgehead atoms. The van der Waals surface area contributed by atoms with Crippen LogP contribution in [0.2, 0.25) is 0 Å². The first-order chi connectivity index (χ1) is 9.80. The van der Waals surface area contributed by atoms with Crippen LogP contribution < -0.4 is 5.46 Å². The SMILES string of the molecule is CC1(C)OB(c2ccc(-c3ncc[nH]3)c(F)c2)OC1(C)C. The van der Waals surface area contributed by atoms with Gasteiger partial charge in [-0.2, -0.15) is 0 Å². The molecule has 4 nitrogen and oxygen atoms in total. The molecule has 2 heterocycles. The highest BCUT2D eigenvalue weighted by Crippen LogP contribution is 2.36. The molecule has 1 N–H and O–H groups in total. The van der Waals surface area contributed by atoms with Crippen molar-refractivity contribution in [3.63, 3.8) is 0 Å². The second kappa shape index (κ2) is 4.68. The van der Waals surface area contributed by atoms with E-state index in [0.29, 0.717) is 16.9 Å². The van der Waals surface area contributed by atoms with E-state index in [1.807, 2.05) is 33.8 Å². The highest BCUT2D eigenvalue weighted by atomic mass is 19.1. The van der Waals surface area contributed by atoms with Crippen LogP contribution in [0.5, 0.6) is 0 Å². The van der Waals surface area contributed by atoms with Gasteiger partial charge in [0.25, 0.3) is 0 Å². The number of aromatic amines is 1. The Morgan fingerprint density at radius 2 is 1.81 bits per heavy atom. The molecule has 6 heteroatoms. The number of H-pyrrole nitrogens is 1. The van der Waals surface area contributed by atoms with Gasteiger partial charge in [-0.15, -0.1) is 0 Å². The summed E-state index contributed by atoms with van der Waals surface area (Å²) in [4.78, 5) is 6.96. The number of hydrogen-bond acceptors (Lipinski definition) is 3. The highest BCUT2D eigenvalue weighted by Gasteiger charge is 2.51. The quantitative estimate of drug-likeness (QED) is 0.864. The zero-order chi connectivity index (χ0) is 15.3. The van der Waals surface area contributed by atoms with Gasteiger partial charge in [-0.3, -0.25) is 0 Å². The Labute approximate surface area is 123 Å². The van der Waals surface area contributed by atoms with Gasteiger partial charge in [-0.1, -0.05) is 6.07 Å². The molecule has 0 amide bonds. The summed E-state index contributed by atoms with van der Waals surface area (Å²) in [6.07, 6.45) is 3.26. The minimum Gasteiger partial charge on any atom is -0.399 e. The number of aromatic nitrogens is 2. The Hall–Kier alpha value is -1.66. The zero-order valence-corrected chi connectivity index (χ0v) is 12.6. The molecule has 0 atom stereocenters. The molecule has 1 aliphatic heterocycles. The Morgan fingerprint density at radius 1 is 1.14 bits per heavy atom. The van der Waals surface area contributed by atoms with E-state index in [2.05, 4.69) is 9.97 Å². The van der Waals surface area contributed by atoms with Crippen molar-refractivity contribution in [2.24, 2.45) is 0 Å². The third-order valence-electron chi connectivity index (χ3n) is 4.27. The Kier molecular flexibility index (Phi) is 3.18. The molecule has 21 heavy (non-hydrogen) atoms. The van der Waals surface area contributed by atoms with Gasteiger partial charge < -0.3 is 14.3 Å². The standard InChI is InChI=1S/C15H18BFN2O2/c1-14(2)15(3,4)21-16(20-14)10-5-6-11(12(17)9-10)13-18-7-8-19-13/h5-9H,1-4H3,(H,18,19). The van der Waals surface area contributed by atoms with E-state index in [1.165, 1.54) is 6.07 Å². The average molecular weight is 288 g/mol. The predicted octanol–water partition coefficient (Wildman–Crippen LogP) is 2.52. The molecule has 0 saturated carbocycles. The maximum atomic E-state index is 14.3. The number of halogens is 1. The van der Waals surface area contributed by atoms with Gasteiger partial charge in [0.05, 0.1) is 16.8 Å². The summed E-state index contributed by atoms with van der Waals surface area (Å²) in [7, 11) is -0.560. The lowest BCUT2D eigenvalue weighted by Crippen LogP contribution is -2.41. The normalized spacial score (nSPS) is 20.0. The van der Waals surface area contributed by atoms with Crippen LogP contribution >= 0.6 is 0 Å². The summed E-state index contributed by atoms with van der Waals surface area (Å²) in [5, 5.41) is 0. The minimum atomic E-state index is -0.560. The fourth-order valence-electron chi connectivity index (χ4n) is 2.26. The largest absolute Gasteiger partial charge is 0.494 e. The molecule has 3 rings (SSSR count). The number of rotatable bonds is 2. The molecule has 1 saturated heterocycles. The van der Waals surface area contributed by atoms with Gasteiger partial charge in [0.15, 0.2) is 0 Å². The molecule has 1 aromatic carbocycles. The van der Waals surface area contributed by atoms with Crippen molar-refractivity contribution >= 4 is 12.6 Å². The molecule has 0 radical (unpaired) electrons. The molecule has 1 aromatic heterocycles. The van der Waals surface area contributed by atoms with Crippen LogP contribution in [-0.2, 0) is 9.31 Å². The fourth-order valence-corrected chi connectivity index (χ4v) is 2.26. The lowest BCUT2D eigenvalue weighted by atomic mass is 9.78. The smallest absolute Gasteiger partial charge is 0.399 e. The van der Waals surface area contributed by atoms with Crippen molar-refractivity contribution < 1.29 is 13.7 Å². The van der Waals surface area contributed by atoms with Gasteiger partial charge in [0, 0.05) is 12.4 Å². The van der Waals surface area contributed by atoms with Gasteiger partial charge in [-0.05, 0) is 45.3 Å². The fraction of sp³-hybridized carbons (Fsp3) is 0.400. The third-order valence-corrected chi connectivity index (χ3v) is 4.27. The second-order valence-electron chi connectivity index (χ2n) is 6.27. The summed E-state index contributed by atoms with van der Waals surface area (Å²) in [5.74, 6) is 0.158. The van der Waals surface area contributed by atoms with Gasteiger partial charge in [-0.25, -0.2) is 9.37 Å². The Morgan fingerprint density at radius 3 is 2.33 bits per heavy atom. The van der Waals surface area contributed by atoms with Gasteiger partial charge >= 0.3 is 7.12 Å². The van der Waals surface area contributed by atoms with Crippen LogP contribution in [0.25, 0.3) is 11.4 Å². The first-order valence-corrected chi connectivity index (χ1v) is 6.95. The molecule has 0 aliphatic carbocycles. The van der Waals surface area contributed by atoms with Crippen molar-refractivity contribution in [1.29, 1.82) is 0 Å². The van der Waals surface area contributed by atoms with E-state index in [-0.39, 0.29) is 5.82 Å². The van der Waals surface area contributed by atoms with Crippen LogP contribution in [0, 0.1) is 5.82 Å². The van der Waals surface area contributed by atoms with Crippen LogP contribution in [0.3, 0.4) is 0 Å². The monoisotopic (exact) mass is 288 g/mol. The van der Waals surface area contributed by atoms with E-state index >= 15 is 0 Å². The van der Waals surface area contributed by atoms with E-state index < -0.39 is 18.3 Å². The highest BCUT2D eigenvalue weighted by molar-refractivity contribution is 6.62. The molecule has 110 valence electrons. The summed E-state index contributed by atoms with van der Waals surface area (Å²) >= 11 is 0. The molecular formula is C15H18BFN2O2. The van der Waals surface area contributed by atoms with Crippen LogP contribution in [0.4, 0.5) is 4.39 Å². The molecule has 2 aromatic rings. The average Bonchev–Trinajstić information content (AvgIpc) is 2.96. The summed E-state index contributed by atoms with van der Waals surface area (Å²) in [6, 6.07) is 4.94. The zero-order valence-electron chi connectivity index (χ0n) is 12.6. The van der Waals surface area contributed by atoms with E-state index in [1.54, 1.807) is 18.5 Å². The first kappa shape index (κ1) is 14.3. The molecule has 1 fully saturated rings. The number of benzene rings is 1. The topological polar surface area (TPSA) is 47.1 Å².